The summed E-state index contributed by atoms with van der Waals surface area (Å²) in [6.45, 7) is 2.23. The zero-order valence-corrected chi connectivity index (χ0v) is 24.1. The molecule has 38 heavy (non-hydrogen) atoms. The van der Waals surface area contributed by atoms with Gasteiger partial charge in [-0.15, -0.1) is 0 Å². The Balaban J connectivity index is 1.44. The molecule has 1 heterocycles. The molecule has 9 nitrogen and oxygen atoms in total. The van der Waals surface area contributed by atoms with Crippen LogP contribution in [0.15, 0.2) is 46.9 Å². The van der Waals surface area contributed by atoms with Gasteiger partial charge in [0.05, 0.1) is 11.9 Å². The fourth-order valence-electron chi connectivity index (χ4n) is 4.81. The van der Waals surface area contributed by atoms with Crippen molar-refractivity contribution in [3.05, 3.63) is 52.5 Å². The molecule has 1 aliphatic carbocycles. The van der Waals surface area contributed by atoms with Crippen LogP contribution in [0.2, 0.25) is 0 Å². The fraction of sp³-hybridized carbons (Fsp3) is 0.481. The average Bonchev–Trinajstić information content (AvgIpc) is 3.56. The van der Waals surface area contributed by atoms with E-state index in [1.807, 2.05) is 24.3 Å². The number of nitrogens with zero attached hydrogens (tertiary/aromatic N) is 2. The number of anilines is 1. The molecular formula is C27H34BrN3O6S. The monoisotopic (exact) mass is 607 g/mol. The van der Waals surface area contributed by atoms with Gasteiger partial charge in [-0.25, -0.2) is 8.42 Å². The van der Waals surface area contributed by atoms with Gasteiger partial charge in [0.2, 0.25) is 28.6 Å². The molecule has 1 fully saturated rings. The molecule has 0 radical (unpaired) electrons. The summed E-state index contributed by atoms with van der Waals surface area (Å²) in [6, 6.07) is 12.1. The number of amides is 2. The summed E-state index contributed by atoms with van der Waals surface area (Å²) < 4.78 is 38.0. The molecule has 2 aliphatic rings. The Hall–Kier alpha value is -2.79. The van der Waals surface area contributed by atoms with Gasteiger partial charge in [0.1, 0.15) is 6.04 Å². The van der Waals surface area contributed by atoms with E-state index in [9.17, 15) is 18.0 Å². The number of halogens is 1. The van der Waals surface area contributed by atoms with Crippen molar-refractivity contribution < 1.29 is 27.5 Å². The third kappa shape index (κ3) is 7.19. The second-order valence-corrected chi connectivity index (χ2v) is 12.6. The predicted octanol–water partition coefficient (Wildman–Crippen LogP) is 4.20. The van der Waals surface area contributed by atoms with Gasteiger partial charge < -0.3 is 19.7 Å². The summed E-state index contributed by atoms with van der Waals surface area (Å²) in [5.41, 5.74) is 1.35. The molecule has 11 heteroatoms. The largest absolute Gasteiger partial charge is 0.454 e. The maximum Gasteiger partial charge on any atom is 0.242 e. The van der Waals surface area contributed by atoms with E-state index in [-0.39, 0.29) is 50.6 Å². The Kier molecular flexibility index (Phi) is 9.19. The third-order valence-corrected chi connectivity index (χ3v) is 8.65. The maximum absolute atomic E-state index is 13.5. The average molecular weight is 609 g/mol. The molecule has 0 aromatic heterocycles. The lowest BCUT2D eigenvalue weighted by atomic mass is 10.1. The molecule has 4 rings (SSSR count). The van der Waals surface area contributed by atoms with Crippen molar-refractivity contribution in [2.75, 3.05) is 23.9 Å². The van der Waals surface area contributed by atoms with Crippen molar-refractivity contribution in [2.45, 2.75) is 64.1 Å². The zero-order valence-electron chi connectivity index (χ0n) is 21.7. The molecule has 1 saturated carbocycles. The smallest absolute Gasteiger partial charge is 0.242 e. The van der Waals surface area contributed by atoms with E-state index in [0.29, 0.717) is 17.2 Å². The molecular weight excluding hydrogens is 574 g/mol. The summed E-state index contributed by atoms with van der Waals surface area (Å²) in [7, 11) is -3.61. The van der Waals surface area contributed by atoms with Crippen molar-refractivity contribution in [1.82, 2.24) is 10.2 Å². The van der Waals surface area contributed by atoms with Crippen LogP contribution >= 0.6 is 15.9 Å². The number of hydrogen-bond acceptors (Lipinski definition) is 6. The SMILES string of the molecule is C[C@@H](C(=O)NC1CCCC1)N(Cc1ccc(Br)cc1)C(=O)CCCN(c1ccc2c(c1)OCO2)S(C)(=O)=O. The van der Waals surface area contributed by atoms with Crippen molar-refractivity contribution in [1.29, 1.82) is 0 Å². The number of rotatable bonds is 11. The van der Waals surface area contributed by atoms with Crippen LogP contribution in [0.4, 0.5) is 5.69 Å². The van der Waals surface area contributed by atoms with Gasteiger partial charge in [-0.1, -0.05) is 40.9 Å². The van der Waals surface area contributed by atoms with Crippen LogP contribution in [-0.2, 0) is 26.2 Å². The highest BCUT2D eigenvalue weighted by Crippen LogP contribution is 2.36. The summed E-state index contributed by atoms with van der Waals surface area (Å²) in [5, 5.41) is 3.10. The van der Waals surface area contributed by atoms with Gasteiger partial charge in [-0.05, 0) is 56.0 Å². The maximum atomic E-state index is 13.5. The summed E-state index contributed by atoms with van der Waals surface area (Å²) in [5.74, 6) is 0.669. The lowest BCUT2D eigenvalue weighted by molar-refractivity contribution is -0.141. The molecule has 1 N–H and O–H groups in total. The molecule has 1 atom stereocenters. The minimum atomic E-state index is -3.61. The first kappa shape index (κ1) is 28.2. The van der Waals surface area contributed by atoms with E-state index in [0.717, 1.165) is 42.0 Å². The minimum absolute atomic E-state index is 0.0902. The lowest BCUT2D eigenvalue weighted by Crippen LogP contribution is -2.49. The topological polar surface area (TPSA) is 105 Å². The van der Waals surface area contributed by atoms with Crippen LogP contribution in [0.3, 0.4) is 0 Å². The Labute approximate surface area is 232 Å². The van der Waals surface area contributed by atoms with E-state index in [1.165, 1.54) is 4.31 Å². The quantitative estimate of drug-likeness (QED) is 0.410. The van der Waals surface area contributed by atoms with Crippen LogP contribution in [0.25, 0.3) is 0 Å². The summed E-state index contributed by atoms with van der Waals surface area (Å²) in [6.07, 6.45) is 5.62. The first-order valence-electron chi connectivity index (χ1n) is 12.8. The standard InChI is InChI=1S/C27H34BrN3O6S/c1-19(27(33)29-22-6-3-4-7-22)30(17-20-9-11-21(28)12-10-20)26(32)8-5-15-31(38(2,34)35)23-13-14-24-25(16-23)37-18-36-24/h9-14,16,19,22H,3-8,15,17-18H2,1-2H3,(H,29,33)/t19-/m0/s1. The minimum Gasteiger partial charge on any atom is -0.454 e. The second kappa shape index (κ2) is 12.4. The van der Waals surface area contributed by atoms with Crippen molar-refractivity contribution in [3.8, 4) is 11.5 Å². The van der Waals surface area contributed by atoms with E-state index in [4.69, 9.17) is 9.47 Å². The normalized spacial score (nSPS) is 15.8. The third-order valence-electron chi connectivity index (χ3n) is 6.93. The number of fused-ring (bicyclic) bond motifs is 1. The summed E-state index contributed by atoms with van der Waals surface area (Å²) >= 11 is 3.43. The first-order valence-corrected chi connectivity index (χ1v) is 15.5. The molecule has 2 amide bonds. The Bertz CT molecular complexity index is 1250. The Morgan fingerprint density at radius 3 is 2.45 bits per heavy atom. The Morgan fingerprint density at radius 2 is 1.76 bits per heavy atom. The first-order chi connectivity index (χ1) is 18.1. The highest BCUT2D eigenvalue weighted by molar-refractivity contribution is 9.10. The molecule has 0 spiro atoms. The number of nitrogens with one attached hydrogen (secondary N) is 1. The van der Waals surface area contributed by atoms with E-state index < -0.39 is 16.1 Å². The number of hydrogen-bond donors (Lipinski definition) is 1. The number of sulfonamides is 1. The van der Waals surface area contributed by atoms with Crippen LogP contribution in [0.5, 0.6) is 11.5 Å². The summed E-state index contributed by atoms with van der Waals surface area (Å²) in [4.78, 5) is 28.1. The van der Waals surface area contributed by atoms with Crippen LogP contribution in [0.1, 0.15) is 51.0 Å². The van der Waals surface area contributed by atoms with Crippen LogP contribution < -0.4 is 19.1 Å². The predicted molar refractivity (Wildman–Crippen MR) is 149 cm³/mol. The highest BCUT2D eigenvalue weighted by Gasteiger charge is 2.29. The van der Waals surface area contributed by atoms with E-state index >= 15 is 0 Å². The number of ether oxygens (including phenoxy) is 2. The van der Waals surface area contributed by atoms with E-state index in [2.05, 4.69) is 21.2 Å². The van der Waals surface area contributed by atoms with Crippen molar-refractivity contribution >= 4 is 43.5 Å². The van der Waals surface area contributed by atoms with Gasteiger partial charge >= 0.3 is 0 Å². The molecule has 0 unspecified atom stereocenters. The fourth-order valence-corrected chi connectivity index (χ4v) is 6.03. The van der Waals surface area contributed by atoms with E-state index in [1.54, 1.807) is 30.0 Å². The zero-order chi connectivity index (χ0) is 27.3. The van der Waals surface area contributed by atoms with Crippen LogP contribution in [-0.4, -0.2) is 56.8 Å². The molecule has 1 aliphatic heterocycles. The van der Waals surface area contributed by atoms with Gasteiger partial charge in [0.15, 0.2) is 11.5 Å². The number of carbonyl (C=O) groups is 2. The van der Waals surface area contributed by atoms with Crippen LogP contribution in [0, 0.1) is 0 Å². The molecule has 0 bridgehead atoms. The molecule has 2 aromatic rings. The van der Waals surface area contributed by atoms with Gasteiger partial charge in [-0.2, -0.15) is 0 Å². The molecule has 206 valence electrons. The second-order valence-electron chi connectivity index (χ2n) is 9.79. The Morgan fingerprint density at radius 1 is 1.08 bits per heavy atom. The lowest BCUT2D eigenvalue weighted by Gasteiger charge is -2.30. The van der Waals surface area contributed by atoms with Gasteiger partial charge in [0.25, 0.3) is 0 Å². The van der Waals surface area contributed by atoms with Gasteiger partial charge in [0, 0.05) is 36.1 Å². The molecule has 0 saturated heterocycles. The van der Waals surface area contributed by atoms with Crippen molar-refractivity contribution in [2.24, 2.45) is 0 Å². The number of benzene rings is 2. The molecule has 2 aromatic carbocycles. The van der Waals surface area contributed by atoms with Gasteiger partial charge in [-0.3, -0.25) is 13.9 Å². The van der Waals surface area contributed by atoms with Crippen molar-refractivity contribution in [3.63, 3.8) is 0 Å². The highest BCUT2D eigenvalue weighted by atomic mass is 79.9. The number of carbonyl (C=O) groups excluding carboxylic acids is 2.